The van der Waals surface area contributed by atoms with Gasteiger partial charge in [0.25, 0.3) is 10.0 Å². The van der Waals surface area contributed by atoms with Crippen LogP contribution in [-0.4, -0.2) is 53.9 Å². The average molecular weight is 437 g/mol. The minimum Gasteiger partial charge on any atom is -0.368 e. The second-order valence-electron chi connectivity index (χ2n) is 7.94. The molecule has 2 aliphatic rings. The van der Waals surface area contributed by atoms with E-state index in [0.717, 1.165) is 23.6 Å². The van der Waals surface area contributed by atoms with Crippen LogP contribution in [0.25, 0.3) is 0 Å². The van der Waals surface area contributed by atoms with Crippen molar-refractivity contribution in [2.45, 2.75) is 68.5 Å². The number of sulfonamides is 1. The van der Waals surface area contributed by atoms with Gasteiger partial charge in [0, 0.05) is 19.2 Å². The molecule has 1 aromatic heterocycles. The van der Waals surface area contributed by atoms with Crippen LogP contribution in [0.5, 0.6) is 0 Å². The summed E-state index contributed by atoms with van der Waals surface area (Å²) in [4.78, 5) is 41.4. The predicted molar refractivity (Wildman–Crippen MR) is 108 cm³/mol. The third-order valence-electron chi connectivity index (χ3n) is 5.84. The van der Waals surface area contributed by atoms with Crippen molar-refractivity contribution in [1.29, 1.82) is 0 Å². The van der Waals surface area contributed by atoms with E-state index >= 15 is 0 Å². The third kappa shape index (κ3) is 5.04. The van der Waals surface area contributed by atoms with Gasteiger partial charge in [-0.05, 0) is 37.3 Å². The Morgan fingerprint density at radius 2 is 1.90 bits per heavy atom. The molecule has 3 rings (SSSR count). The highest BCUT2D eigenvalue weighted by molar-refractivity contribution is 7.89. The van der Waals surface area contributed by atoms with Crippen molar-refractivity contribution >= 4 is 27.6 Å². The number of pyridine rings is 1. The molecule has 1 aromatic rings. The molecule has 0 aromatic carbocycles. The summed E-state index contributed by atoms with van der Waals surface area (Å²) in [5, 5.41) is 2.43. The lowest BCUT2D eigenvalue weighted by molar-refractivity contribution is -0.135. The van der Waals surface area contributed by atoms with E-state index in [1.807, 2.05) is 0 Å². The molecule has 9 nitrogen and oxygen atoms in total. The van der Waals surface area contributed by atoms with Gasteiger partial charge >= 0.3 is 0 Å². The predicted octanol–water partition coefficient (Wildman–Crippen LogP) is 0.744. The summed E-state index contributed by atoms with van der Waals surface area (Å²) in [6, 6.07) is 1.74. The molecule has 0 radical (unpaired) electrons. The molecule has 10 heteroatoms. The normalized spacial score (nSPS) is 23.8. The number of hydrogen-bond donors (Lipinski definition) is 2. The first-order valence-corrected chi connectivity index (χ1v) is 11.8. The standard InChI is InChI=1S/C20H28N4O5S/c21-20(27)18-19(26)15(23-16(25)11-10-14-6-1-2-7-14)8-5-13-24(18)30(28,29)17-9-3-4-12-22-17/h3-4,9,12,14-15,18H,1-2,5-8,10-11,13H2,(H2,21,27)(H,23,25)/t15-,18?/m0/s1. The van der Waals surface area contributed by atoms with Crippen molar-refractivity contribution < 1.29 is 22.8 Å². The van der Waals surface area contributed by atoms with Gasteiger partial charge in [-0.3, -0.25) is 14.4 Å². The zero-order chi connectivity index (χ0) is 21.7. The zero-order valence-corrected chi connectivity index (χ0v) is 17.6. The lowest BCUT2D eigenvalue weighted by Crippen LogP contribution is -2.56. The van der Waals surface area contributed by atoms with E-state index < -0.39 is 33.8 Å². The summed E-state index contributed by atoms with van der Waals surface area (Å²) >= 11 is 0. The minimum atomic E-state index is -4.20. The Labute approximate surface area is 176 Å². The molecule has 2 atom stereocenters. The molecule has 2 fully saturated rings. The largest absolute Gasteiger partial charge is 0.368 e. The lowest BCUT2D eigenvalue weighted by Gasteiger charge is -2.26. The number of amides is 2. The second-order valence-corrected chi connectivity index (χ2v) is 9.78. The number of primary amides is 1. The van der Waals surface area contributed by atoms with Gasteiger partial charge in [-0.15, -0.1) is 0 Å². The molecule has 1 saturated heterocycles. The number of carbonyl (C=O) groups excluding carboxylic acids is 3. The molecule has 1 aliphatic carbocycles. The fourth-order valence-electron chi connectivity index (χ4n) is 4.26. The molecule has 2 amide bonds. The Morgan fingerprint density at radius 1 is 1.17 bits per heavy atom. The molecule has 1 aliphatic heterocycles. The Kier molecular flexibility index (Phi) is 7.19. The van der Waals surface area contributed by atoms with Gasteiger partial charge in [0.15, 0.2) is 16.9 Å². The average Bonchev–Trinajstić information content (AvgIpc) is 3.18. The van der Waals surface area contributed by atoms with E-state index in [4.69, 9.17) is 5.73 Å². The summed E-state index contributed by atoms with van der Waals surface area (Å²) in [7, 11) is -4.20. The monoisotopic (exact) mass is 436 g/mol. The summed E-state index contributed by atoms with van der Waals surface area (Å²) in [6.45, 7) is -0.0628. The van der Waals surface area contributed by atoms with Gasteiger partial charge in [-0.1, -0.05) is 31.7 Å². The van der Waals surface area contributed by atoms with E-state index in [0.29, 0.717) is 18.8 Å². The first-order valence-electron chi connectivity index (χ1n) is 10.4. The molecule has 1 unspecified atom stereocenters. The van der Waals surface area contributed by atoms with Crippen LogP contribution in [0.4, 0.5) is 0 Å². The zero-order valence-electron chi connectivity index (χ0n) is 16.8. The maximum atomic E-state index is 13.0. The number of Topliss-reactive ketones (excluding diaryl/α,β-unsaturated/α-hetero) is 1. The number of aromatic nitrogens is 1. The van der Waals surface area contributed by atoms with Crippen molar-refractivity contribution in [3.63, 3.8) is 0 Å². The van der Waals surface area contributed by atoms with Crippen molar-refractivity contribution in [2.75, 3.05) is 6.54 Å². The molecule has 1 saturated carbocycles. The smallest absolute Gasteiger partial charge is 0.261 e. The first kappa shape index (κ1) is 22.4. The van der Waals surface area contributed by atoms with Crippen molar-refractivity contribution in [2.24, 2.45) is 11.7 Å². The van der Waals surface area contributed by atoms with Crippen molar-refractivity contribution in [3.8, 4) is 0 Å². The van der Waals surface area contributed by atoms with Gasteiger partial charge in [-0.25, -0.2) is 13.4 Å². The van der Waals surface area contributed by atoms with Crippen LogP contribution in [0.1, 0.15) is 51.4 Å². The van der Waals surface area contributed by atoms with Crippen LogP contribution in [0.15, 0.2) is 29.4 Å². The van der Waals surface area contributed by atoms with Crippen LogP contribution in [-0.2, 0) is 24.4 Å². The maximum absolute atomic E-state index is 13.0. The van der Waals surface area contributed by atoms with Gasteiger partial charge in [0.05, 0.1) is 6.04 Å². The Morgan fingerprint density at radius 3 is 2.53 bits per heavy atom. The van der Waals surface area contributed by atoms with Crippen LogP contribution in [0.3, 0.4) is 0 Å². The molecule has 30 heavy (non-hydrogen) atoms. The number of nitrogens with two attached hydrogens (primary N) is 1. The SMILES string of the molecule is NC(=O)C1C(=O)[C@@H](NC(=O)CCC2CCCC2)CCCN1S(=O)(=O)c1ccccn1. The number of nitrogens with one attached hydrogen (secondary N) is 1. The number of carbonyl (C=O) groups is 3. The number of nitrogens with zero attached hydrogens (tertiary/aromatic N) is 2. The van der Waals surface area contributed by atoms with Crippen LogP contribution >= 0.6 is 0 Å². The lowest BCUT2D eigenvalue weighted by atomic mass is 10.00. The Hall–Kier alpha value is -2.33. The van der Waals surface area contributed by atoms with Crippen LogP contribution < -0.4 is 11.1 Å². The van der Waals surface area contributed by atoms with Gasteiger partial charge in [0.1, 0.15) is 0 Å². The number of ketones is 1. The molecule has 0 spiro atoms. The van der Waals surface area contributed by atoms with Crippen LogP contribution in [0.2, 0.25) is 0 Å². The Balaban J connectivity index is 1.73. The maximum Gasteiger partial charge on any atom is 0.261 e. The third-order valence-corrected chi connectivity index (χ3v) is 7.62. The number of rotatable bonds is 7. The molecule has 164 valence electrons. The van der Waals surface area contributed by atoms with Gasteiger partial charge in [0.2, 0.25) is 11.8 Å². The van der Waals surface area contributed by atoms with E-state index in [2.05, 4.69) is 10.3 Å². The summed E-state index contributed by atoms with van der Waals surface area (Å²) in [5.74, 6) is -1.48. The quantitative estimate of drug-likeness (QED) is 0.605. The molecular weight excluding hydrogens is 408 g/mol. The second kappa shape index (κ2) is 9.65. The topological polar surface area (TPSA) is 140 Å². The Bertz CT molecular complexity index is 884. The molecule has 2 heterocycles. The molecule has 3 N–H and O–H groups in total. The summed E-state index contributed by atoms with van der Waals surface area (Å²) in [6.07, 6.45) is 7.57. The summed E-state index contributed by atoms with van der Waals surface area (Å²) < 4.78 is 26.8. The minimum absolute atomic E-state index is 0.0628. The van der Waals surface area contributed by atoms with Crippen molar-refractivity contribution in [1.82, 2.24) is 14.6 Å². The van der Waals surface area contributed by atoms with Gasteiger partial charge < -0.3 is 11.1 Å². The molecular formula is C20H28N4O5S. The fraction of sp³-hybridized carbons (Fsp3) is 0.600. The van der Waals surface area contributed by atoms with E-state index in [-0.39, 0.29) is 23.9 Å². The molecule has 0 bridgehead atoms. The first-order chi connectivity index (χ1) is 14.3. The van der Waals surface area contributed by atoms with Crippen LogP contribution in [0, 0.1) is 5.92 Å². The van der Waals surface area contributed by atoms with E-state index in [1.165, 1.54) is 31.2 Å². The van der Waals surface area contributed by atoms with E-state index in [1.54, 1.807) is 6.07 Å². The van der Waals surface area contributed by atoms with Crippen molar-refractivity contribution in [3.05, 3.63) is 24.4 Å². The van der Waals surface area contributed by atoms with Gasteiger partial charge in [-0.2, -0.15) is 4.31 Å². The highest BCUT2D eigenvalue weighted by atomic mass is 32.2. The fourth-order valence-corrected chi connectivity index (χ4v) is 5.80. The highest BCUT2D eigenvalue weighted by Gasteiger charge is 2.44. The summed E-state index contributed by atoms with van der Waals surface area (Å²) in [5.41, 5.74) is 5.43. The highest BCUT2D eigenvalue weighted by Crippen LogP contribution is 2.28. The van der Waals surface area contributed by atoms with E-state index in [9.17, 15) is 22.8 Å². The number of hydrogen-bond acceptors (Lipinski definition) is 6.